The van der Waals surface area contributed by atoms with E-state index in [2.05, 4.69) is 4.72 Å². The van der Waals surface area contributed by atoms with E-state index in [9.17, 15) is 21.6 Å². The second kappa shape index (κ2) is 7.97. The Balaban J connectivity index is 2.40. The number of ether oxygens (including phenoxy) is 1. The fraction of sp³-hybridized carbons (Fsp3) is 0.588. The number of benzene rings is 1. The lowest BCUT2D eigenvalue weighted by molar-refractivity contribution is -0.123. The van der Waals surface area contributed by atoms with Crippen LogP contribution in [0.3, 0.4) is 0 Å². The van der Waals surface area contributed by atoms with E-state index >= 15 is 0 Å². The van der Waals surface area contributed by atoms with Crippen molar-refractivity contribution in [1.29, 1.82) is 0 Å². The van der Waals surface area contributed by atoms with E-state index in [0.29, 0.717) is 17.3 Å². The molecule has 1 heterocycles. The van der Waals surface area contributed by atoms with Crippen LogP contribution in [0.5, 0.6) is 5.75 Å². The van der Waals surface area contributed by atoms with Gasteiger partial charge in [-0.15, -0.1) is 0 Å². The summed E-state index contributed by atoms with van der Waals surface area (Å²) >= 11 is 0. The quantitative estimate of drug-likeness (QED) is 0.598. The SMILES string of the molecule is COc1ccc(N2C(=O)C(C)(C)CS2(=O)=O)cc1S(=O)(=O)NCCCN(C)C. The lowest BCUT2D eigenvalue weighted by Crippen LogP contribution is -2.33. The van der Waals surface area contributed by atoms with Crippen LogP contribution >= 0.6 is 0 Å². The first-order valence-electron chi connectivity index (χ1n) is 8.72. The van der Waals surface area contributed by atoms with Crippen molar-refractivity contribution < 1.29 is 26.4 Å². The van der Waals surface area contributed by atoms with Gasteiger partial charge >= 0.3 is 0 Å². The summed E-state index contributed by atoms with van der Waals surface area (Å²) in [5.41, 5.74) is -1.10. The minimum Gasteiger partial charge on any atom is -0.495 e. The van der Waals surface area contributed by atoms with E-state index in [0.717, 1.165) is 6.07 Å². The summed E-state index contributed by atoms with van der Waals surface area (Å²) in [7, 11) is -2.76. The largest absolute Gasteiger partial charge is 0.495 e. The van der Waals surface area contributed by atoms with Gasteiger partial charge in [0, 0.05) is 6.54 Å². The molecule has 0 bridgehead atoms. The summed E-state index contributed by atoms with van der Waals surface area (Å²) in [6.07, 6.45) is 0.599. The summed E-state index contributed by atoms with van der Waals surface area (Å²) in [5, 5.41) is 0. The number of amides is 1. The van der Waals surface area contributed by atoms with Crippen LogP contribution < -0.4 is 13.8 Å². The van der Waals surface area contributed by atoms with Crippen molar-refractivity contribution in [2.75, 3.05) is 44.4 Å². The first-order valence-corrected chi connectivity index (χ1v) is 11.8. The number of nitrogens with zero attached hydrogens (tertiary/aromatic N) is 2. The molecule has 2 rings (SSSR count). The molecule has 0 spiro atoms. The number of nitrogens with one attached hydrogen (secondary N) is 1. The third kappa shape index (κ3) is 4.65. The number of rotatable bonds is 8. The summed E-state index contributed by atoms with van der Waals surface area (Å²) in [4.78, 5) is 14.3. The summed E-state index contributed by atoms with van der Waals surface area (Å²) in [5.74, 6) is -0.873. The molecule has 158 valence electrons. The third-order valence-corrected chi connectivity index (χ3v) is 7.83. The van der Waals surface area contributed by atoms with Gasteiger partial charge in [-0.2, -0.15) is 0 Å². The van der Waals surface area contributed by atoms with Gasteiger partial charge in [-0.25, -0.2) is 25.9 Å². The van der Waals surface area contributed by atoms with Gasteiger partial charge in [0.25, 0.3) is 0 Å². The second-order valence-corrected chi connectivity index (χ2v) is 11.2. The fourth-order valence-corrected chi connectivity index (χ4v) is 6.30. The topological polar surface area (TPSA) is 113 Å². The predicted octanol–water partition coefficient (Wildman–Crippen LogP) is 0.628. The molecule has 1 aliphatic rings. The average molecular weight is 434 g/mol. The van der Waals surface area contributed by atoms with Crippen LogP contribution in [0.2, 0.25) is 0 Å². The molecule has 1 aromatic rings. The van der Waals surface area contributed by atoms with Gasteiger partial charge in [-0.1, -0.05) is 0 Å². The second-order valence-electron chi connectivity index (χ2n) is 7.60. The van der Waals surface area contributed by atoms with Crippen LogP contribution in [0.4, 0.5) is 5.69 Å². The molecule has 0 aliphatic carbocycles. The standard InChI is InChI=1S/C17H27N3O6S2/c1-17(2)12-27(22,23)20(16(17)21)13-7-8-14(26-5)15(11-13)28(24,25)18-9-6-10-19(3)4/h7-8,11,18H,6,9-10,12H2,1-5H3. The van der Waals surface area contributed by atoms with E-state index in [-0.39, 0.29) is 28.6 Å². The number of methoxy groups -OCH3 is 1. The molecule has 28 heavy (non-hydrogen) atoms. The summed E-state index contributed by atoms with van der Waals surface area (Å²) in [6.45, 7) is 4.00. The normalized spacial score (nSPS) is 18.6. The van der Waals surface area contributed by atoms with Crippen molar-refractivity contribution in [3.63, 3.8) is 0 Å². The van der Waals surface area contributed by atoms with Gasteiger partial charge in [0.15, 0.2) is 0 Å². The Labute approximate surface area is 166 Å². The van der Waals surface area contributed by atoms with Crippen LogP contribution in [0.25, 0.3) is 0 Å². The van der Waals surface area contributed by atoms with Crippen molar-refractivity contribution >= 4 is 31.6 Å². The summed E-state index contributed by atoms with van der Waals surface area (Å²) < 4.78 is 58.7. The maximum Gasteiger partial charge on any atom is 0.247 e. The van der Waals surface area contributed by atoms with E-state index in [1.165, 1.54) is 19.2 Å². The molecule has 0 unspecified atom stereocenters. The van der Waals surface area contributed by atoms with Gasteiger partial charge in [0.1, 0.15) is 10.6 Å². The molecule has 0 atom stereocenters. The number of carbonyl (C=O) groups excluding carboxylic acids is 1. The Morgan fingerprint density at radius 2 is 1.93 bits per heavy atom. The van der Waals surface area contributed by atoms with Crippen LogP contribution in [0.15, 0.2) is 23.1 Å². The number of carbonyl (C=O) groups is 1. The molecule has 1 N–H and O–H groups in total. The average Bonchev–Trinajstić information content (AvgIpc) is 2.74. The van der Waals surface area contributed by atoms with E-state index < -0.39 is 31.4 Å². The van der Waals surface area contributed by atoms with Crippen molar-refractivity contribution in [2.45, 2.75) is 25.2 Å². The number of hydrogen-bond donors (Lipinski definition) is 1. The molecule has 9 nitrogen and oxygen atoms in total. The molecule has 0 aromatic heterocycles. The van der Waals surface area contributed by atoms with Crippen LogP contribution in [0, 0.1) is 5.41 Å². The highest BCUT2D eigenvalue weighted by Gasteiger charge is 2.50. The zero-order chi connectivity index (χ0) is 21.3. The van der Waals surface area contributed by atoms with Gasteiger partial charge in [0.2, 0.25) is 26.0 Å². The molecule has 1 fully saturated rings. The number of anilines is 1. The van der Waals surface area contributed by atoms with Gasteiger partial charge in [-0.3, -0.25) is 4.79 Å². The highest BCUT2D eigenvalue weighted by atomic mass is 32.2. The van der Waals surface area contributed by atoms with E-state index in [1.807, 2.05) is 19.0 Å². The van der Waals surface area contributed by atoms with E-state index in [1.54, 1.807) is 13.8 Å². The third-order valence-electron chi connectivity index (χ3n) is 4.33. The van der Waals surface area contributed by atoms with Gasteiger partial charge in [-0.05, 0) is 59.1 Å². The van der Waals surface area contributed by atoms with Crippen molar-refractivity contribution in [1.82, 2.24) is 9.62 Å². The molecule has 1 aromatic carbocycles. The molecular formula is C17H27N3O6S2. The fourth-order valence-electron chi connectivity index (χ4n) is 2.94. The van der Waals surface area contributed by atoms with Crippen LogP contribution in [0.1, 0.15) is 20.3 Å². The Bertz CT molecular complexity index is 955. The van der Waals surface area contributed by atoms with Gasteiger partial charge < -0.3 is 9.64 Å². The molecule has 0 radical (unpaired) electrons. The summed E-state index contributed by atoms with van der Waals surface area (Å²) in [6, 6.07) is 3.86. The molecule has 11 heteroatoms. The Morgan fingerprint density at radius 3 is 2.43 bits per heavy atom. The Kier molecular flexibility index (Phi) is 6.44. The first-order chi connectivity index (χ1) is 12.8. The van der Waals surface area contributed by atoms with Crippen LogP contribution in [-0.4, -0.2) is 67.7 Å². The lowest BCUT2D eigenvalue weighted by Gasteiger charge is -2.19. The Hall–Kier alpha value is -1.69. The molecule has 1 amide bonds. The predicted molar refractivity (Wildman–Crippen MR) is 106 cm³/mol. The highest BCUT2D eigenvalue weighted by Crippen LogP contribution is 2.38. The zero-order valence-corrected chi connectivity index (χ0v) is 18.4. The zero-order valence-electron chi connectivity index (χ0n) is 16.7. The molecule has 1 aliphatic heterocycles. The maximum absolute atomic E-state index is 12.7. The highest BCUT2D eigenvalue weighted by molar-refractivity contribution is 7.94. The monoisotopic (exact) mass is 433 g/mol. The number of sulfonamides is 2. The maximum atomic E-state index is 12.7. The van der Waals surface area contributed by atoms with Gasteiger partial charge in [0.05, 0.1) is 24.0 Å². The number of hydrogen-bond acceptors (Lipinski definition) is 7. The van der Waals surface area contributed by atoms with Crippen LogP contribution in [-0.2, 0) is 24.8 Å². The smallest absolute Gasteiger partial charge is 0.247 e. The minimum atomic E-state index is -3.96. The molecule has 0 saturated carbocycles. The van der Waals surface area contributed by atoms with Crippen molar-refractivity contribution in [3.8, 4) is 5.75 Å². The first kappa shape index (κ1) is 22.6. The molecular weight excluding hydrogens is 406 g/mol. The van der Waals surface area contributed by atoms with Crippen molar-refractivity contribution in [3.05, 3.63) is 18.2 Å². The molecule has 1 saturated heterocycles. The lowest BCUT2D eigenvalue weighted by atomic mass is 9.95. The Morgan fingerprint density at radius 1 is 1.29 bits per heavy atom. The van der Waals surface area contributed by atoms with Crippen molar-refractivity contribution in [2.24, 2.45) is 5.41 Å². The minimum absolute atomic E-state index is 0.0231. The van der Waals surface area contributed by atoms with E-state index in [4.69, 9.17) is 4.74 Å².